The van der Waals surface area contributed by atoms with Crippen LogP contribution in [0.1, 0.15) is 5.56 Å². The summed E-state index contributed by atoms with van der Waals surface area (Å²) < 4.78 is 21.3. The van der Waals surface area contributed by atoms with Gasteiger partial charge in [-0.25, -0.2) is 19.3 Å². The molecule has 4 aromatic carbocycles. The molecule has 0 saturated heterocycles. The second-order valence-electron chi connectivity index (χ2n) is 7.74. The highest BCUT2D eigenvalue weighted by Crippen LogP contribution is 2.38. The van der Waals surface area contributed by atoms with E-state index in [0.717, 1.165) is 11.1 Å². The van der Waals surface area contributed by atoms with E-state index in [1.165, 1.54) is 6.07 Å². The van der Waals surface area contributed by atoms with E-state index in [0.29, 0.717) is 39.6 Å². The van der Waals surface area contributed by atoms with Gasteiger partial charge in [-0.2, -0.15) is 5.26 Å². The van der Waals surface area contributed by atoms with Gasteiger partial charge >= 0.3 is 0 Å². The molecule has 0 saturated carbocycles. The van der Waals surface area contributed by atoms with Crippen LogP contribution in [0.15, 0.2) is 95.4 Å². The number of nitrogens with zero attached hydrogens (tertiary/aromatic N) is 4. The molecule has 6 aromatic rings. The van der Waals surface area contributed by atoms with E-state index in [4.69, 9.17) is 19.4 Å². The molecule has 0 aliphatic heterocycles. The van der Waals surface area contributed by atoms with Gasteiger partial charge in [-0.1, -0.05) is 78.9 Å². The first-order valence-electron chi connectivity index (χ1n) is 10.6. The fourth-order valence-corrected chi connectivity index (χ4v) is 4.04. The first-order valence-corrected chi connectivity index (χ1v) is 10.6. The molecule has 2 aromatic heterocycles. The van der Waals surface area contributed by atoms with E-state index < -0.39 is 5.82 Å². The Morgan fingerprint density at radius 3 is 1.88 bits per heavy atom. The van der Waals surface area contributed by atoms with E-state index in [9.17, 15) is 5.26 Å². The number of aromatic nitrogens is 3. The van der Waals surface area contributed by atoms with Crippen molar-refractivity contribution in [3.05, 3.63) is 102 Å². The average molecular weight is 442 g/mol. The summed E-state index contributed by atoms with van der Waals surface area (Å²) >= 11 is 0. The van der Waals surface area contributed by atoms with Gasteiger partial charge in [0.2, 0.25) is 0 Å². The molecule has 6 heteroatoms. The molecule has 6 rings (SSSR count). The van der Waals surface area contributed by atoms with Crippen molar-refractivity contribution in [1.29, 1.82) is 5.26 Å². The van der Waals surface area contributed by atoms with Crippen LogP contribution in [-0.4, -0.2) is 15.0 Å². The van der Waals surface area contributed by atoms with Crippen molar-refractivity contribution in [2.45, 2.75) is 0 Å². The second kappa shape index (κ2) is 7.91. The Morgan fingerprint density at radius 1 is 0.706 bits per heavy atom. The van der Waals surface area contributed by atoms with Gasteiger partial charge in [-0.15, -0.1) is 0 Å². The summed E-state index contributed by atoms with van der Waals surface area (Å²) in [4.78, 5) is 14.1. The lowest BCUT2D eigenvalue weighted by molar-refractivity contribution is 0.630. The van der Waals surface area contributed by atoms with E-state index >= 15 is 4.39 Å². The van der Waals surface area contributed by atoms with Gasteiger partial charge < -0.3 is 4.42 Å². The third-order valence-electron chi connectivity index (χ3n) is 5.65. The molecule has 0 spiro atoms. The largest absolute Gasteiger partial charge is 0.455 e. The number of hydrogen-bond donors (Lipinski definition) is 0. The highest BCUT2D eigenvalue weighted by atomic mass is 19.1. The Bertz CT molecular complexity index is 1660. The quantitative estimate of drug-likeness (QED) is 0.302. The molecule has 0 aliphatic carbocycles. The summed E-state index contributed by atoms with van der Waals surface area (Å²) in [5.41, 5.74) is 2.77. The number of halogens is 1. The highest BCUT2D eigenvalue weighted by molar-refractivity contribution is 6.10. The van der Waals surface area contributed by atoms with Crippen molar-refractivity contribution >= 4 is 21.9 Å². The van der Waals surface area contributed by atoms with Gasteiger partial charge in [0.25, 0.3) is 0 Å². The Kier molecular flexibility index (Phi) is 4.60. The molecule has 0 bridgehead atoms. The smallest absolute Gasteiger partial charge is 0.167 e. The standard InChI is InChI=1S/C28H15FN4O/c29-24-19(16-30)15-21(25-23(24)20-13-7-8-14-22(20)34-25)28-32-26(17-9-3-1-4-10-17)31-27(33-28)18-11-5-2-6-12-18/h1-15H. The maximum Gasteiger partial charge on any atom is 0.167 e. The molecule has 5 nitrogen and oxygen atoms in total. The third kappa shape index (κ3) is 3.19. The van der Waals surface area contributed by atoms with E-state index in [1.807, 2.05) is 72.8 Å². The van der Waals surface area contributed by atoms with Crippen LogP contribution in [0.25, 0.3) is 56.1 Å². The number of hydrogen-bond acceptors (Lipinski definition) is 5. The normalized spacial score (nSPS) is 11.1. The first-order chi connectivity index (χ1) is 16.7. The Morgan fingerprint density at radius 2 is 1.26 bits per heavy atom. The summed E-state index contributed by atoms with van der Waals surface area (Å²) in [6.07, 6.45) is 0. The molecule has 0 fully saturated rings. The summed E-state index contributed by atoms with van der Waals surface area (Å²) in [6.45, 7) is 0. The van der Waals surface area contributed by atoms with E-state index in [1.54, 1.807) is 18.2 Å². The predicted molar refractivity (Wildman–Crippen MR) is 128 cm³/mol. The van der Waals surface area contributed by atoms with Crippen molar-refractivity contribution in [3.63, 3.8) is 0 Å². The lowest BCUT2D eigenvalue weighted by atomic mass is 10.0. The molecule has 0 aliphatic rings. The number of fused-ring (bicyclic) bond motifs is 3. The molecule has 2 heterocycles. The third-order valence-corrected chi connectivity index (χ3v) is 5.65. The molecule has 34 heavy (non-hydrogen) atoms. The summed E-state index contributed by atoms with van der Waals surface area (Å²) in [7, 11) is 0. The minimum Gasteiger partial charge on any atom is -0.455 e. The lowest BCUT2D eigenvalue weighted by Gasteiger charge is -2.09. The van der Waals surface area contributed by atoms with Crippen LogP contribution in [0.5, 0.6) is 0 Å². The van der Waals surface area contributed by atoms with Gasteiger partial charge in [-0.05, 0) is 12.1 Å². The van der Waals surface area contributed by atoms with E-state index in [2.05, 4.69) is 0 Å². The molecule has 0 N–H and O–H groups in total. The SMILES string of the molecule is N#Cc1cc(-c2nc(-c3ccccc3)nc(-c3ccccc3)n2)c2oc3ccccc3c2c1F. The van der Waals surface area contributed by atoms with Crippen molar-refractivity contribution in [2.24, 2.45) is 0 Å². The maximum absolute atomic E-state index is 15.3. The predicted octanol–water partition coefficient (Wildman–Crippen LogP) is 6.78. The molecule has 0 unspecified atom stereocenters. The maximum atomic E-state index is 15.3. The van der Waals surface area contributed by atoms with Gasteiger partial charge in [0, 0.05) is 16.5 Å². The number of para-hydroxylation sites is 1. The van der Waals surface area contributed by atoms with Crippen LogP contribution in [0.2, 0.25) is 0 Å². The fourth-order valence-electron chi connectivity index (χ4n) is 4.04. The van der Waals surface area contributed by atoms with Crippen molar-refractivity contribution < 1.29 is 8.81 Å². The van der Waals surface area contributed by atoms with Crippen molar-refractivity contribution in [2.75, 3.05) is 0 Å². The topological polar surface area (TPSA) is 75.6 Å². The zero-order chi connectivity index (χ0) is 23.1. The zero-order valence-electron chi connectivity index (χ0n) is 17.7. The highest BCUT2D eigenvalue weighted by Gasteiger charge is 2.22. The number of benzene rings is 4. The van der Waals surface area contributed by atoms with Gasteiger partial charge in [0.15, 0.2) is 23.3 Å². The first kappa shape index (κ1) is 19.8. The molecule has 0 amide bonds. The van der Waals surface area contributed by atoms with Crippen molar-refractivity contribution in [1.82, 2.24) is 15.0 Å². The summed E-state index contributed by atoms with van der Waals surface area (Å²) in [5, 5.41) is 10.5. The van der Waals surface area contributed by atoms with Crippen LogP contribution in [0.3, 0.4) is 0 Å². The molecular weight excluding hydrogens is 427 g/mol. The van der Waals surface area contributed by atoms with Gasteiger partial charge in [0.05, 0.1) is 16.5 Å². The molecule has 160 valence electrons. The second-order valence-corrected chi connectivity index (χ2v) is 7.74. The number of furan rings is 1. The van der Waals surface area contributed by atoms with Crippen LogP contribution in [0, 0.1) is 17.1 Å². The van der Waals surface area contributed by atoms with Crippen molar-refractivity contribution in [3.8, 4) is 40.2 Å². The minimum absolute atomic E-state index is 0.100. The average Bonchev–Trinajstić information content (AvgIpc) is 3.30. The Hall–Kier alpha value is -4.89. The lowest BCUT2D eigenvalue weighted by Crippen LogP contribution is -2.01. The summed E-state index contributed by atoms with van der Waals surface area (Å²) in [6, 6.07) is 29.7. The summed E-state index contributed by atoms with van der Waals surface area (Å²) in [5.74, 6) is 0.619. The molecular formula is C28H15FN4O. The molecule has 0 radical (unpaired) electrons. The minimum atomic E-state index is -0.619. The van der Waals surface area contributed by atoms with Crippen LogP contribution in [0.4, 0.5) is 4.39 Å². The zero-order valence-corrected chi connectivity index (χ0v) is 17.7. The van der Waals surface area contributed by atoms with E-state index in [-0.39, 0.29) is 10.9 Å². The fraction of sp³-hybridized carbons (Fsp3) is 0. The van der Waals surface area contributed by atoms with Crippen LogP contribution >= 0.6 is 0 Å². The Balaban J connectivity index is 1.70. The van der Waals surface area contributed by atoms with Gasteiger partial charge in [0.1, 0.15) is 17.2 Å². The van der Waals surface area contributed by atoms with Crippen LogP contribution in [-0.2, 0) is 0 Å². The Labute approximate surface area is 193 Å². The van der Waals surface area contributed by atoms with Crippen LogP contribution < -0.4 is 0 Å². The monoisotopic (exact) mass is 442 g/mol. The number of rotatable bonds is 3. The molecule has 0 atom stereocenters. The van der Waals surface area contributed by atoms with Gasteiger partial charge in [-0.3, -0.25) is 0 Å². The number of nitriles is 1.